The van der Waals surface area contributed by atoms with Gasteiger partial charge in [-0.15, -0.1) is 11.3 Å². The molecule has 0 saturated carbocycles. The molecular weight excluding hydrogens is 318 g/mol. The maximum Gasteiger partial charge on any atom is 0.319 e. The minimum absolute atomic E-state index is 0.289. The Bertz CT molecular complexity index is 662. The number of aryl methyl sites for hydroxylation is 1. The summed E-state index contributed by atoms with van der Waals surface area (Å²) in [6.07, 6.45) is 1.54. The number of amides is 2. The lowest BCUT2D eigenvalue weighted by atomic mass is 10.2. The minimum atomic E-state index is -0.326. The molecule has 0 bridgehead atoms. The largest absolute Gasteiger partial charge is 0.481 e. The third kappa shape index (κ3) is 4.99. The number of anilines is 2. The van der Waals surface area contributed by atoms with Crippen molar-refractivity contribution in [3.63, 3.8) is 0 Å². The smallest absolute Gasteiger partial charge is 0.319 e. The first-order valence-electron chi connectivity index (χ1n) is 6.96. The normalized spacial score (nSPS) is 10.2. The zero-order valence-electron chi connectivity index (χ0n) is 13.0. The van der Waals surface area contributed by atoms with Gasteiger partial charge in [0.15, 0.2) is 5.13 Å². The topological polar surface area (TPSA) is 111 Å². The molecule has 9 heteroatoms. The summed E-state index contributed by atoms with van der Waals surface area (Å²) in [5, 5.41) is 7.94. The highest BCUT2D eigenvalue weighted by Gasteiger charge is 2.10. The monoisotopic (exact) mass is 337 g/mol. The van der Waals surface area contributed by atoms with Crippen molar-refractivity contribution in [2.45, 2.75) is 12.8 Å². The molecule has 0 atom stereocenters. The summed E-state index contributed by atoms with van der Waals surface area (Å²) in [4.78, 5) is 20.1. The van der Waals surface area contributed by atoms with Crippen LogP contribution in [0.15, 0.2) is 17.5 Å². The number of aromatic nitrogens is 2. The van der Waals surface area contributed by atoms with Gasteiger partial charge < -0.3 is 25.8 Å². The van der Waals surface area contributed by atoms with Crippen molar-refractivity contribution >= 4 is 28.2 Å². The van der Waals surface area contributed by atoms with Crippen molar-refractivity contribution in [2.75, 3.05) is 31.8 Å². The van der Waals surface area contributed by atoms with E-state index in [4.69, 9.17) is 15.2 Å². The van der Waals surface area contributed by atoms with Crippen molar-refractivity contribution in [3.05, 3.63) is 23.2 Å². The lowest BCUT2D eigenvalue weighted by Gasteiger charge is -2.11. The standard InChI is InChI=1S/C14H19N5O3S/c1-21-11-6-5-10(12(19-11)22-2)18-14(20)16-7-3-4-9-8-23-13(15)17-9/h5-6,8H,3-4,7H2,1-2H3,(H2,15,17)(H2,16,18,20). The van der Waals surface area contributed by atoms with Crippen molar-refractivity contribution in [1.29, 1.82) is 0 Å². The number of ether oxygens (including phenoxy) is 2. The number of nitrogen functional groups attached to an aromatic ring is 1. The van der Waals surface area contributed by atoms with E-state index in [-0.39, 0.29) is 11.9 Å². The van der Waals surface area contributed by atoms with Gasteiger partial charge in [0.1, 0.15) is 5.69 Å². The molecule has 0 radical (unpaired) electrons. The number of carbonyl (C=O) groups is 1. The molecule has 2 amide bonds. The van der Waals surface area contributed by atoms with Gasteiger partial charge in [0.25, 0.3) is 0 Å². The van der Waals surface area contributed by atoms with E-state index >= 15 is 0 Å². The Hall–Kier alpha value is -2.55. The lowest BCUT2D eigenvalue weighted by Crippen LogP contribution is -2.30. The van der Waals surface area contributed by atoms with E-state index in [0.717, 1.165) is 18.5 Å². The van der Waals surface area contributed by atoms with Crippen LogP contribution >= 0.6 is 11.3 Å². The van der Waals surface area contributed by atoms with Gasteiger partial charge in [-0.1, -0.05) is 0 Å². The van der Waals surface area contributed by atoms with Crippen LogP contribution < -0.4 is 25.8 Å². The Morgan fingerprint density at radius 2 is 2.13 bits per heavy atom. The van der Waals surface area contributed by atoms with Gasteiger partial charge in [0.05, 0.1) is 19.9 Å². The van der Waals surface area contributed by atoms with Crippen LogP contribution in [-0.2, 0) is 6.42 Å². The molecule has 2 aromatic rings. The zero-order chi connectivity index (χ0) is 16.7. The first kappa shape index (κ1) is 16.8. The van der Waals surface area contributed by atoms with E-state index in [9.17, 15) is 4.79 Å². The zero-order valence-corrected chi connectivity index (χ0v) is 13.8. The molecule has 8 nitrogen and oxygen atoms in total. The molecule has 0 aliphatic rings. The summed E-state index contributed by atoms with van der Waals surface area (Å²) < 4.78 is 10.1. The molecule has 0 unspecified atom stereocenters. The SMILES string of the molecule is COc1ccc(NC(=O)NCCCc2csc(N)n2)c(OC)n1. The quantitative estimate of drug-likeness (QED) is 0.665. The maximum atomic E-state index is 11.9. The number of rotatable bonds is 7. The van der Waals surface area contributed by atoms with Crippen molar-refractivity contribution in [2.24, 2.45) is 0 Å². The fraction of sp³-hybridized carbons (Fsp3) is 0.357. The molecule has 0 aromatic carbocycles. The van der Waals surface area contributed by atoms with Gasteiger partial charge in [-0.05, 0) is 18.9 Å². The van der Waals surface area contributed by atoms with Crippen molar-refractivity contribution < 1.29 is 14.3 Å². The van der Waals surface area contributed by atoms with E-state index < -0.39 is 0 Å². The molecule has 0 aliphatic heterocycles. The van der Waals surface area contributed by atoms with Crippen LogP contribution in [0.1, 0.15) is 12.1 Å². The fourth-order valence-electron chi connectivity index (χ4n) is 1.86. The van der Waals surface area contributed by atoms with Crippen LogP contribution in [0.3, 0.4) is 0 Å². The number of thiazole rings is 1. The highest BCUT2D eigenvalue weighted by molar-refractivity contribution is 7.13. The Labute approximate surface area is 138 Å². The molecule has 0 aliphatic carbocycles. The third-order valence-corrected chi connectivity index (χ3v) is 3.67. The number of carbonyl (C=O) groups excluding carboxylic acids is 1. The van der Waals surface area contributed by atoms with Gasteiger partial charge in [-0.3, -0.25) is 0 Å². The molecule has 0 fully saturated rings. The van der Waals surface area contributed by atoms with Crippen LogP contribution in [0.5, 0.6) is 11.8 Å². The predicted octanol–water partition coefficient (Wildman–Crippen LogP) is 1.89. The average Bonchev–Trinajstić information content (AvgIpc) is 2.97. The van der Waals surface area contributed by atoms with Crippen LogP contribution in [0, 0.1) is 0 Å². The molecule has 23 heavy (non-hydrogen) atoms. The second-order valence-corrected chi connectivity index (χ2v) is 5.46. The van der Waals surface area contributed by atoms with Gasteiger partial charge in [-0.25, -0.2) is 9.78 Å². The Morgan fingerprint density at radius 1 is 1.30 bits per heavy atom. The number of hydrogen-bond donors (Lipinski definition) is 3. The Morgan fingerprint density at radius 3 is 2.78 bits per heavy atom. The number of nitrogens with zero attached hydrogens (tertiary/aromatic N) is 2. The summed E-state index contributed by atoms with van der Waals surface area (Å²) in [6, 6.07) is 2.99. The highest BCUT2D eigenvalue weighted by atomic mass is 32.1. The van der Waals surface area contributed by atoms with Gasteiger partial charge in [-0.2, -0.15) is 4.98 Å². The number of nitrogens with two attached hydrogens (primary N) is 1. The van der Waals surface area contributed by atoms with E-state index in [1.165, 1.54) is 25.6 Å². The molecule has 2 heterocycles. The number of nitrogens with one attached hydrogen (secondary N) is 2. The summed E-state index contributed by atoms with van der Waals surface area (Å²) in [5.41, 5.74) is 6.98. The molecule has 0 saturated heterocycles. The molecule has 124 valence electrons. The third-order valence-electron chi connectivity index (χ3n) is 2.95. The predicted molar refractivity (Wildman–Crippen MR) is 89.2 cm³/mol. The van der Waals surface area contributed by atoms with Crippen LogP contribution in [-0.4, -0.2) is 36.8 Å². The number of methoxy groups -OCH3 is 2. The number of urea groups is 1. The Balaban J connectivity index is 1.78. The number of hydrogen-bond acceptors (Lipinski definition) is 7. The second kappa shape index (κ2) is 8.18. The molecule has 0 spiro atoms. The minimum Gasteiger partial charge on any atom is -0.481 e. The van der Waals surface area contributed by atoms with E-state index in [1.807, 2.05) is 5.38 Å². The van der Waals surface area contributed by atoms with Gasteiger partial charge in [0, 0.05) is 18.0 Å². The molecular formula is C14H19N5O3S. The van der Waals surface area contributed by atoms with E-state index in [1.54, 1.807) is 12.1 Å². The van der Waals surface area contributed by atoms with Gasteiger partial charge in [0.2, 0.25) is 11.8 Å². The first-order valence-corrected chi connectivity index (χ1v) is 7.84. The van der Waals surface area contributed by atoms with Crippen LogP contribution in [0.2, 0.25) is 0 Å². The van der Waals surface area contributed by atoms with Crippen LogP contribution in [0.25, 0.3) is 0 Å². The average molecular weight is 337 g/mol. The lowest BCUT2D eigenvalue weighted by molar-refractivity contribution is 0.251. The number of pyridine rings is 1. The van der Waals surface area contributed by atoms with E-state index in [2.05, 4.69) is 20.6 Å². The van der Waals surface area contributed by atoms with Crippen molar-refractivity contribution in [3.8, 4) is 11.8 Å². The molecule has 4 N–H and O–H groups in total. The van der Waals surface area contributed by atoms with E-state index in [0.29, 0.717) is 23.2 Å². The highest BCUT2D eigenvalue weighted by Crippen LogP contribution is 2.24. The Kier molecular flexibility index (Phi) is 5.98. The first-order chi connectivity index (χ1) is 11.1. The summed E-state index contributed by atoms with van der Waals surface area (Å²) in [5.74, 6) is 0.702. The summed E-state index contributed by atoms with van der Waals surface area (Å²) in [7, 11) is 2.99. The van der Waals surface area contributed by atoms with Crippen LogP contribution in [0.4, 0.5) is 15.6 Å². The summed E-state index contributed by atoms with van der Waals surface area (Å²) >= 11 is 1.41. The second-order valence-electron chi connectivity index (χ2n) is 4.57. The van der Waals surface area contributed by atoms with Crippen molar-refractivity contribution in [1.82, 2.24) is 15.3 Å². The molecule has 2 aromatic heterocycles. The maximum absolute atomic E-state index is 11.9. The molecule has 2 rings (SSSR count). The fourth-order valence-corrected chi connectivity index (χ4v) is 2.46. The van der Waals surface area contributed by atoms with Gasteiger partial charge >= 0.3 is 6.03 Å². The summed E-state index contributed by atoms with van der Waals surface area (Å²) in [6.45, 7) is 0.523.